The summed E-state index contributed by atoms with van der Waals surface area (Å²) in [6, 6.07) is 22.4. The molecule has 0 fully saturated rings. The second kappa shape index (κ2) is 7.36. The van der Waals surface area contributed by atoms with Gasteiger partial charge in [-0.3, -0.25) is 0 Å². The van der Waals surface area contributed by atoms with Crippen molar-refractivity contribution >= 4 is 5.69 Å². The first-order valence-corrected chi connectivity index (χ1v) is 10.3. The minimum Gasteiger partial charge on any atom is -0.508 e. The fourth-order valence-electron chi connectivity index (χ4n) is 4.62. The standard InChI is InChI=1S/C25H25NO3/c1-2-26-12-13-28-24-10-8-18(14-22(24)26)25-20-15-19(27)9-11-23(20)29-16-21(25)17-6-4-3-5-7-17/h3-11,14-15,21,25,27H,2,12-13,16H2,1H3/t21-,25-/m0/s1. The summed E-state index contributed by atoms with van der Waals surface area (Å²) in [5, 5.41) is 10.2. The number of hydrogen-bond donors (Lipinski definition) is 1. The molecular formula is C25H25NO3. The Labute approximate surface area is 171 Å². The predicted molar refractivity (Wildman–Crippen MR) is 114 cm³/mol. The van der Waals surface area contributed by atoms with E-state index >= 15 is 0 Å². The van der Waals surface area contributed by atoms with Gasteiger partial charge in [-0.2, -0.15) is 0 Å². The zero-order valence-corrected chi connectivity index (χ0v) is 16.5. The maximum atomic E-state index is 10.2. The van der Waals surface area contributed by atoms with Crippen LogP contribution in [-0.2, 0) is 0 Å². The van der Waals surface area contributed by atoms with Crippen LogP contribution in [0.25, 0.3) is 0 Å². The molecule has 3 aromatic rings. The molecule has 2 heterocycles. The molecule has 2 aliphatic rings. The monoisotopic (exact) mass is 387 g/mol. The molecule has 4 nitrogen and oxygen atoms in total. The highest BCUT2D eigenvalue weighted by molar-refractivity contribution is 5.63. The van der Waals surface area contributed by atoms with Crippen LogP contribution in [0, 0.1) is 0 Å². The third kappa shape index (κ3) is 3.19. The van der Waals surface area contributed by atoms with Gasteiger partial charge in [0.15, 0.2) is 0 Å². The lowest BCUT2D eigenvalue weighted by atomic mass is 9.75. The summed E-state index contributed by atoms with van der Waals surface area (Å²) in [4.78, 5) is 2.36. The molecule has 0 spiro atoms. The summed E-state index contributed by atoms with van der Waals surface area (Å²) in [5.41, 5.74) is 4.64. The number of aromatic hydroxyl groups is 1. The SMILES string of the molecule is CCN1CCOc2ccc([C@H]3c4cc(O)ccc4OC[C@H]3c3ccccc3)cc21. The summed E-state index contributed by atoms with van der Waals surface area (Å²) >= 11 is 0. The lowest BCUT2D eigenvalue weighted by Gasteiger charge is -2.36. The van der Waals surface area contributed by atoms with E-state index in [1.165, 1.54) is 11.1 Å². The number of ether oxygens (including phenoxy) is 2. The lowest BCUT2D eigenvalue weighted by Crippen LogP contribution is -2.32. The van der Waals surface area contributed by atoms with Crippen molar-refractivity contribution in [3.8, 4) is 17.2 Å². The molecule has 2 atom stereocenters. The largest absolute Gasteiger partial charge is 0.508 e. The molecule has 0 bridgehead atoms. The molecule has 2 aliphatic heterocycles. The van der Waals surface area contributed by atoms with Crippen molar-refractivity contribution < 1.29 is 14.6 Å². The number of phenolic OH excluding ortho intramolecular Hbond substituents is 1. The van der Waals surface area contributed by atoms with Crippen molar-refractivity contribution in [2.75, 3.05) is 31.2 Å². The molecule has 0 saturated heterocycles. The van der Waals surface area contributed by atoms with Gasteiger partial charge in [0.1, 0.15) is 23.9 Å². The molecule has 4 heteroatoms. The number of fused-ring (bicyclic) bond motifs is 2. The summed E-state index contributed by atoms with van der Waals surface area (Å²) in [5.74, 6) is 2.33. The third-order valence-corrected chi connectivity index (χ3v) is 6.06. The first-order chi connectivity index (χ1) is 14.2. The van der Waals surface area contributed by atoms with Crippen LogP contribution in [0.3, 0.4) is 0 Å². The number of nitrogens with zero attached hydrogens (tertiary/aromatic N) is 1. The van der Waals surface area contributed by atoms with E-state index in [9.17, 15) is 5.11 Å². The highest BCUT2D eigenvalue weighted by atomic mass is 16.5. The minimum absolute atomic E-state index is 0.0965. The van der Waals surface area contributed by atoms with Gasteiger partial charge in [0, 0.05) is 23.9 Å². The molecule has 1 N–H and O–H groups in total. The summed E-state index contributed by atoms with van der Waals surface area (Å²) < 4.78 is 12.0. The summed E-state index contributed by atoms with van der Waals surface area (Å²) in [6.45, 7) is 5.36. The van der Waals surface area contributed by atoms with Crippen LogP contribution in [-0.4, -0.2) is 31.4 Å². The molecule has 0 aliphatic carbocycles. The maximum absolute atomic E-state index is 10.2. The van der Waals surface area contributed by atoms with Crippen LogP contribution in [0.5, 0.6) is 17.2 Å². The van der Waals surface area contributed by atoms with Gasteiger partial charge in [0.25, 0.3) is 0 Å². The average molecular weight is 387 g/mol. The minimum atomic E-state index is 0.0965. The van der Waals surface area contributed by atoms with Crippen LogP contribution < -0.4 is 14.4 Å². The number of benzene rings is 3. The molecule has 0 amide bonds. The van der Waals surface area contributed by atoms with Crippen LogP contribution in [0.4, 0.5) is 5.69 Å². The Morgan fingerprint density at radius 1 is 0.931 bits per heavy atom. The normalized spacial score (nSPS) is 20.2. The highest BCUT2D eigenvalue weighted by Crippen LogP contribution is 2.48. The molecule has 0 aromatic heterocycles. The fourth-order valence-corrected chi connectivity index (χ4v) is 4.62. The Kier molecular flexibility index (Phi) is 4.55. The molecule has 5 rings (SSSR count). The number of likely N-dealkylation sites (N-methyl/N-ethyl adjacent to an activating group) is 1. The van der Waals surface area contributed by atoms with Gasteiger partial charge in [-0.05, 0) is 48.4 Å². The second-order valence-corrected chi connectivity index (χ2v) is 7.68. The molecule has 0 radical (unpaired) electrons. The Morgan fingerprint density at radius 2 is 1.76 bits per heavy atom. The van der Waals surface area contributed by atoms with Crippen LogP contribution in [0.15, 0.2) is 66.7 Å². The topological polar surface area (TPSA) is 41.9 Å². The average Bonchev–Trinajstić information content (AvgIpc) is 2.78. The van der Waals surface area contributed by atoms with E-state index in [1.54, 1.807) is 6.07 Å². The Hall–Kier alpha value is -3.14. The molecule has 148 valence electrons. The van der Waals surface area contributed by atoms with Crippen molar-refractivity contribution in [2.45, 2.75) is 18.8 Å². The van der Waals surface area contributed by atoms with Gasteiger partial charge in [-0.1, -0.05) is 36.4 Å². The van der Waals surface area contributed by atoms with E-state index in [0.29, 0.717) is 6.61 Å². The second-order valence-electron chi connectivity index (χ2n) is 7.68. The van der Waals surface area contributed by atoms with Gasteiger partial charge in [0.05, 0.1) is 18.8 Å². The smallest absolute Gasteiger partial charge is 0.142 e. The van der Waals surface area contributed by atoms with Crippen LogP contribution in [0.2, 0.25) is 0 Å². The quantitative estimate of drug-likeness (QED) is 0.693. The van der Waals surface area contributed by atoms with E-state index in [-0.39, 0.29) is 17.6 Å². The van der Waals surface area contributed by atoms with Crippen LogP contribution in [0.1, 0.15) is 35.4 Å². The Bertz CT molecular complexity index is 1020. The van der Waals surface area contributed by atoms with Crippen molar-refractivity contribution in [1.29, 1.82) is 0 Å². The van der Waals surface area contributed by atoms with Gasteiger partial charge in [-0.15, -0.1) is 0 Å². The summed E-state index contributed by atoms with van der Waals surface area (Å²) in [6.07, 6.45) is 0. The maximum Gasteiger partial charge on any atom is 0.142 e. The number of anilines is 1. The third-order valence-electron chi connectivity index (χ3n) is 6.06. The first-order valence-electron chi connectivity index (χ1n) is 10.3. The van der Waals surface area contributed by atoms with Gasteiger partial charge >= 0.3 is 0 Å². The van der Waals surface area contributed by atoms with Crippen molar-refractivity contribution in [1.82, 2.24) is 0 Å². The van der Waals surface area contributed by atoms with E-state index in [1.807, 2.05) is 18.2 Å². The molecule has 3 aromatic carbocycles. The highest BCUT2D eigenvalue weighted by Gasteiger charge is 2.34. The first kappa shape index (κ1) is 17.9. The number of rotatable bonds is 3. The Balaban J connectivity index is 1.66. The van der Waals surface area contributed by atoms with Crippen molar-refractivity contribution in [3.63, 3.8) is 0 Å². The molecule has 0 saturated carbocycles. The fraction of sp³-hybridized carbons (Fsp3) is 0.280. The van der Waals surface area contributed by atoms with Crippen LogP contribution >= 0.6 is 0 Å². The van der Waals surface area contributed by atoms with E-state index in [2.05, 4.69) is 54.3 Å². The molecule has 0 unspecified atom stereocenters. The van der Waals surface area contributed by atoms with Gasteiger partial charge in [0.2, 0.25) is 0 Å². The van der Waals surface area contributed by atoms with Gasteiger partial charge < -0.3 is 19.5 Å². The van der Waals surface area contributed by atoms with E-state index in [4.69, 9.17) is 9.47 Å². The van der Waals surface area contributed by atoms with Crippen molar-refractivity contribution in [2.24, 2.45) is 0 Å². The molecule has 29 heavy (non-hydrogen) atoms. The van der Waals surface area contributed by atoms with E-state index in [0.717, 1.165) is 42.4 Å². The molecular weight excluding hydrogens is 362 g/mol. The Morgan fingerprint density at radius 3 is 2.59 bits per heavy atom. The zero-order chi connectivity index (χ0) is 19.8. The summed E-state index contributed by atoms with van der Waals surface area (Å²) in [7, 11) is 0. The number of hydrogen-bond acceptors (Lipinski definition) is 4. The van der Waals surface area contributed by atoms with E-state index < -0.39 is 0 Å². The zero-order valence-electron chi connectivity index (χ0n) is 16.5. The lowest BCUT2D eigenvalue weighted by molar-refractivity contribution is 0.248. The van der Waals surface area contributed by atoms with Crippen molar-refractivity contribution in [3.05, 3.63) is 83.4 Å². The number of phenols is 1. The van der Waals surface area contributed by atoms with Gasteiger partial charge in [-0.25, -0.2) is 0 Å². The predicted octanol–water partition coefficient (Wildman–Crippen LogP) is 4.92.